The van der Waals surface area contributed by atoms with Crippen molar-refractivity contribution in [1.29, 1.82) is 0 Å². The second kappa shape index (κ2) is 3.57. The molecule has 0 N–H and O–H groups in total. The molecule has 15 heavy (non-hydrogen) atoms. The van der Waals surface area contributed by atoms with Crippen molar-refractivity contribution in [2.75, 3.05) is 20.6 Å². The lowest BCUT2D eigenvalue weighted by molar-refractivity contribution is 0.177. The molecule has 1 radical (unpaired) electrons. The molecule has 0 saturated carbocycles. The van der Waals surface area contributed by atoms with Crippen molar-refractivity contribution in [3.8, 4) is 0 Å². The average molecular weight is 208 g/mol. The Morgan fingerprint density at radius 1 is 1.27 bits per heavy atom. The molecule has 1 aliphatic heterocycles. The van der Waals surface area contributed by atoms with Crippen LogP contribution in [0, 0.1) is 0 Å². The maximum Gasteiger partial charge on any atom is 0.153 e. The van der Waals surface area contributed by atoms with E-state index in [9.17, 15) is 0 Å². The van der Waals surface area contributed by atoms with Crippen LogP contribution in [0.1, 0.15) is 25.5 Å². The van der Waals surface area contributed by atoms with Gasteiger partial charge in [-0.3, -0.25) is 4.90 Å². The van der Waals surface area contributed by atoms with Crippen LogP contribution in [0.15, 0.2) is 0 Å². The van der Waals surface area contributed by atoms with Gasteiger partial charge in [-0.2, -0.15) is 0 Å². The van der Waals surface area contributed by atoms with Crippen molar-refractivity contribution in [3.63, 3.8) is 0 Å². The number of hydrogen-bond acceptors (Lipinski definition) is 3. The van der Waals surface area contributed by atoms with Gasteiger partial charge in [-0.15, -0.1) is 10.2 Å². The van der Waals surface area contributed by atoms with Crippen LogP contribution < -0.4 is 5.32 Å². The third-order valence-electron chi connectivity index (χ3n) is 3.23. The van der Waals surface area contributed by atoms with E-state index in [1.165, 1.54) is 0 Å². The summed E-state index contributed by atoms with van der Waals surface area (Å²) in [6.45, 7) is 6.82. The number of aromatic nitrogens is 3. The van der Waals surface area contributed by atoms with Crippen molar-refractivity contribution in [2.45, 2.75) is 32.5 Å². The van der Waals surface area contributed by atoms with Gasteiger partial charge in [-0.1, -0.05) is 0 Å². The summed E-state index contributed by atoms with van der Waals surface area (Å²) in [6, 6.07) is 0. The molecule has 0 unspecified atom stereocenters. The number of rotatable bonds is 2. The molecule has 1 aromatic heterocycles. The second-order valence-electron chi connectivity index (χ2n) is 4.65. The first-order valence-corrected chi connectivity index (χ1v) is 5.26. The third-order valence-corrected chi connectivity index (χ3v) is 3.23. The summed E-state index contributed by atoms with van der Waals surface area (Å²) >= 11 is 0. The van der Waals surface area contributed by atoms with Gasteiger partial charge in [0.25, 0.3) is 0 Å². The van der Waals surface area contributed by atoms with Gasteiger partial charge < -0.3 is 4.57 Å². The first-order chi connectivity index (χ1) is 7.03. The molecule has 5 heteroatoms. The van der Waals surface area contributed by atoms with Crippen molar-refractivity contribution in [3.05, 3.63) is 11.6 Å². The van der Waals surface area contributed by atoms with E-state index in [0.717, 1.165) is 24.7 Å². The fourth-order valence-corrected chi connectivity index (χ4v) is 1.69. The molecule has 0 fully saturated rings. The molecule has 0 aromatic carbocycles. The van der Waals surface area contributed by atoms with Crippen molar-refractivity contribution in [2.24, 2.45) is 0 Å². The van der Waals surface area contributed by atoms with Crippen molar-refractivity contribution >= 4 is 0 Å². The van der Waals surface area contributed by atoms with Crippen LogP contribution >= 0.6 is 0 Å². The van der Waals surface area contributed by atoms with Gasteiger partial charge in [0.05, 0.1) is 12.1 Å². The first-order valence-electron chi connectivity index (χ1n) is 5.26. The third kappa shape index (κ3) is 1.66. The Labute approximate surface area is 90.5 Å². The van der Waals surface area contributed by atoms with Crippen molar-refractivity contribution in [1.82, 2.24) is 25.0 Å². The quantitative estimate of drug-likeness (QED) is 0.697. The van der Waals surface area contributed by atoms with Crippen LogP contribution in [-0.4, -0.2) is 40.3 Å². The second-order valence-corrected chi connectivity index (χ2v) is 4.65. The summed E-state index contributed by atoms with van der Waals surface area (Å²) < 4.78 is 2.20. The van der Waals surface area contributed by atoms with E-state index >= 15 is 0 Å². The van der Waals surface area contributed by atoms with Crippen LogP contribution in [0.3, 0.4) is 0 Å². The van der Waals surface area contributed by atoms with Crippen molar-refractivity contribution < 1.29 is 0 Å². The summed E-state index contributed by atoms with van der Waals surface area (Å²) in [6.07, 6.45) is 0. The monoisotopic (exact) mass is 208 g/mol. The Morgan fingerprint density at radius 3 is 2.67 bits per heavy atom. The molecule has 2 heterocycles. The highest BCUT2D eigenvalue weighted by Gasteiger charge is 2.31. The minimum absolute atomic E-state index is 0.0808. The predicted molar refractivity (Wildman–Crippen MR) is 57.4 cm³/mol. The SMILES string of the molecule is CN(C)C(C)(C)c1nnc2n1CC[N]C2. The highest BCUT2D eigenvalue weighted by Crippen LogP contribution is 2.24. The molecule has 0 saturated heterocycles. The predicted octanol–water partition coefficient (Wildman–Crippen LogP) is 0.193. The van der Waals surface area contributed by atoms with E-state index in [-0.39, 0.29) is 5.54 Å². The summed E-state index contributed by atoms with van der Waals surface area (Å²) in [5.41, 5.74) is -0.0808. The zero-order chi connectivity index (χ0) is 11.1. The zero-order valence-electron chi connectivity index (χ0n) is 9.86. The van der Waals surface area contributed by atoms with E-state index in [0.29, 0.717) is 6.54 Å². The van der Waals surface area contributed by atoms with Crippen LogP contribution in [0.5, 0.6) is 0 Å². The van der Waals surface area contributed by atoms with Crippen LogP contribution in [0.25, 0.3) is 0 Å². The Hall–Kier alpha value is -0.940. The molecule has 0 spiro atoms. The Morgan fingerprint density at radius 2 is 2.00 bits per heavy atom. The van der Waals surface area contributed by atoms with E-state index in [1.54, 1.807) is 0 Å². The van der Waals surface area contributed by atoms with E-state index < -0.39 is 0 Å². The largest absolute Gasteiger partial charge is 0.311 e. The van der Waals surface area contributed by atoms with Crippen LogP contribution in [0.4, 0.5) is 0 Å². The summed E-state index contributed by atoms with van der Waals surface area (Å²) in [7, 11) is 4.13. The molecule has 0 amide bonds. The Balaban J connectivity index is 2.40. The standard InChI is InChI=1S/C10H18N5/c1-10(2,14(3)4)9-13-12-8-7-11-5-6-15(8)9/h5-7H2,1-4H3. The number of nitrogens with zero attached hydrogens (tertiary/aromatic N) is 5. The Bertz CT molecular complexity index is 353. The van der Waals surface area contributed by atoms with E-state index in [1.807, 2.05) is 0 Å². The van der Waals surface area contributed by atoms with E-state index in [4.69, 9.17) is 0 Å². The molecule has 0 aliphatic carbocycles. The fraction of sp³-hybridized carbons (Fsp3) is 0.800. The van der Waals surface area contributed by atoms with Gasteiger partial charge in [0.1, 0.15) is 5.82 Å². The van der Waals surface area contributed by atoms with Crippen LogP contribution in [0.2, 0.25) is 0 Å². The van der Waals surface area contributed by atoms with Gasteiger partial charge in [-0.05, 0) is 27.9 Å². The highest BCUT2D eigenvalue weighted by atomic mass is 15.3. The van der Waals surface area contributed by atoms with Crippen LogP contribution in [-0.2, 0) is 18.6 Å². The molecule has 5 nitrogen and oxygen atoms in total. The highest BCUT2D eigenvalue weighted by molar-refractivity contribution is 5.08. The lowest BCUT2D eigenvalue weighted by Gasteiger charge is -2.32. The maximum atomic E-state index is 4.32. The van der Waals surface area contributed by atoms with E-state index in [2.05, 4.69) is 52.9 Å². The zero-order valence-corrected chi connectivity index (χ0v) is 9.86. The topological polar surface area (TPSA) is 48.1 Å². The summed E-state index contributed by atoms with van der Waals surface area (Å²) in [5.74, 6) is 2.03. The van der Waals surface area contributed by atoms with Gasteiger partial charge in [0, 0.05) is 13.1 Å². The molecule has 0 atom stereocenters. The molecule has 83 valence electrons. The number of hydrogen-bond donors (Lipinski definition) is 0. The molecule has 2 rings (SSSR count). The molecule has 0 bridgehead atoms. The average Bonchev–Trinajstić information content (AvgIpc) is 2.61. The van der Waals surface area contributed by atoms with Gasteiger partial charge >= 0.3 is 0 Å². The fourth-order valence-electron chi connectivity index (χ4n) is 1.69. The first kappa shape index (κ1) is 10.6. The molecular weight excluding hydrogens is 190 g/mol. The summed E-state index contributed by atoms with van der Waals surface area (Å²) in [5, 5.41) is 12.8. The minimum atomic E-state index is -0.0808. The summed E-state index contributed by atoms with van der Waals surface area (Å²) in [4.78, 5) is 2.16. The lowest BCUT2D eigenvalue weighted by Crippen LogP contribution is -2.39. The van der Waals surface area contributed by atoms with Gasteiger partial charge in [0.2, 0.25) is 0 Å². The molecular formula is C10H18N5. The molecule has 1 aromatic rings. The number of fused-ring (bicyclic) bond motifs is 1. The lowest BCUT2D eigenvalue weighted by atomic mass is 10.0. The maximum absolute atomic E-state index is 4.32. The molecule has 1 aliphatic rings. The normalized spacial score (nSPS) is 16.9. The smallest absolute Gasteiger partial charge is 0.153 e. The van der Waals surface area contributed by atoms with Gasteiger partial charge in [0.15, 0.2) is 5.82 Å². The van der Waals surface area contributed by atoms with Gasteiger partial charge in [-0.25, -0.2) is 5.32 Å². The minimum Gasteiger partial charge on any atom is -0.311 e. The Kier molecular flexibility index (Phi) is 2.52.